The number of halogens is 2. The molecule has 0 atom stereocenters. The molecule has 0 saturated heterocycles. The molecule has 0 fully saturated rings. The van der Waals surface area contributed by atoms with Gasteiger partial charge in [0.25, 0.3) is 0 Å². The molecule has 0 radical (unpaired) electrons. The molecule has 0 aliphatic heterocycles. The van der Waals surface area contributed by atoms with Gasteiger partial charge in [-0.25, -0.2) is 0 Å². The number of para-hydroxylation sites is 1. The highest BCUT2D eigenvalue weighted by molar-refractivity contribution is 7.20. The number of aryl methyl sites for hydroxylation is 1. The van der Waals surface area contributed by atoms with Gasteiger partial charge >= 0.3 is 0 Å². The molecule has 3 nitrogen and oxygen atoms in total. The van der Waals surface area contributed by atoms with Crippen LogP contribution in [-0.2, 0) is 13.5 Å². The van der Waals surface area contributed by atoms with Gasteiger partial charge in [-0.2, -0.15) is 5.10 Å². The Bertz CT molecular complexity index is 807. The average Bonchev–Trinajstić information content (AvgIpc) is 2.91. The number of nitrogens with zero attached hydrogens (tertiary/aromatic N) is 2. The molecule has 20 heavy (non-hydrogen) atoms. The molecule has 3 aromatic rings. The van der Waals surface area contributed by atoms with E-state index in [0.29, 0.717) is 14.2 Å². The van der Waals surface area contributed by atoms with Crippen molar-refractivity contribution in [3.63, 3.8) is 0 Å². The molecule has 0 amide bonds. The number of Topliss-reactive ketones (excluding diaryl/α,β-unsaturated/α-hetero) is 1. The van der Waals surface area contributed by atoms with E-state index in [1.165, 1.54) is 11.3 Å². The number of fused-ring (bicyclic) bond motifs is 1. The van der Waals surface area contributed by atoms with E-state index in [0.717, 1.165) is 16.6 Å². The fourth-order valence-corrected chi connectivity index (χ4v) is 3.70. The number of hydrogen-bond donors (Lipinski definition) is 0. The fraction of sp³-hybridized carbons (Fsp3) is 0.143. The first-order valence-electron chi connectivity index (χ1n) is 5.95. The quantitative estimate of drug-likeness (QED) is 0.670. The second-order valence-electron chi connectivity index (χ2n) is 4.43. The van der Waals surface area contributed by atoms with Crippen LogP contribution in [0.15, 0.2) is 30.3 Å². The smallest absolute Gasteiger partial charge is 0.171 e. The first-order valence-corrected chi connectivity index (χ1v) is 7.52. The maximum absolute atomic E-state index is 12.3. The summed E-state index contributed by atoms with van der Waals surface area (Å²) in [6.07, 6.45) is 0.216. The number of thiophene rings is 1. The van der Waals surface area contributed by atoms with Gasteiger partial charge in [0, 0.05) is 18.0 Å². The summed E-state index contributed by atoms with van der Waals surface area (Å²) in [6, 6.07) is 9.44. The number of rotatable bonds is 3. The zero-order chi connectivity index (χ0) is 14.3. The highest BCUT2D eigenvalue weighted by Crippen LogP contribution is 2.32. The number of aromatic nitrogens is 2. The van der Waals surface area contributed by atoms with Gasteiger partial charge in [0.2, 0.25) is 0 Å². The molecule has 2 heterocycles. The lowest BCUT2D eigenvalue weighted by Gasteiger charge is -1.97. The zero-order valence-corrected chi connectivity index (χ0v) is 12.9. The highest BCUT2D eigenvalue weighted by Gasteiger charge is 2.18. The summed E-state index contributed by atoms with van der Waals surface area (Å²) in [5.74, 6) is -0.0676. The van der Waals surface area contributed by atoms with E-state index in [9.17, 15) is 4.79 Å². The molecular formula is C14H10Cl2N2OS. The van der Waals surface area contributed by atoms with Crippen molar-refractivity contribution in [2.24, 2.45) is 7.05 Å². The molecule has 0 aliphatic rings. The average molecular weight is 325 g/mol. The molecular weight excluding hydrogens is 315 g/mol. The van der Waals surface area contributed by atoms with Crippen molar-refractivity contribution >= 4 is 51.2 Å². The summed E-state index contributed by atoms with van der Waals surface area (Å²) in [7, 11) is 1.87. The van der Waals surface area contributed by atoms with Crippen molar-refractivity contribution < 1.29 is 4.79 Å². The van der Waals surface area contributed by atoms with Crippen LogP contribution < -0.4 is 0 Å². The second kappa shape index (κ2) is 5.20. The summed E-state index contributed by atoms with van der Waals surface area (Å²) in [5.41, 5.74) is 2.23. The Labute approximate surface area is 129 Å². The standard InChI is InChI=1S/C14H10Cl2N2OS/c1-18-11-5-3-2-4-8(11)10(17-18)7-12(19)9-6-13(15)20-14(9)16/h2-6H,7H2,1H3. The minimum Gasteiger partial charge on any atom is -0.294 e. The van der Waals surface area contributed by atoms with Crippen LogP contribution in [-0.4, -0.2) is 15.6 Å². The van der Waals surface area contributed by atoms with Gasteiger partial charge in [-0.05, 0) is 12.1 Å². The number of carbonyl (C=O) groups excluding carboxylic acids is 1. The summed E-state index contributed by atoms with van der Waals surface area (Å²) in [4.78, 5) is 12.3. The summed E-state index contributed by atoms with van der Waals surface area (Å²) in [6.45, 7) is 0. The van der Waals surface area contributed by atoms with Gasteiger partial charge in [0.15, 0.2) is 5.78 Å². The molecule has 1 aromatic carbocycles. The Morgan fingerprint density at radius 2 is 2.10 bits per heavy atom. The Balaban J connectivity index is 1.97. The molecule has 2 aromatic heterocycles. The van der Waals surface area contributed by atoms with Gasteiger partial charge in [0.05, 0.1) is 22.0 Å². The number of ketones is 1. The van der Waals surface area contributed by atoms with Gasteiger partial charge in [0.1, 0.15) is 4.34 Å². The van der Waals surface area contributed by atoms with E-state index in [1.54, 1.807) is 10.7 Å². The maximum Gasteiger partial charge on any atom is 0.171 e. The van der Waals surface area contributed by atoms with Gasteiger partial charge < -0.3 is 0 Å². The Hall–Kier alpha value is -1.36. The lowest BCUT2D eigenvalue weighted by Crippen LogP contribution is -2.04. The normalized spacial score (nSPS) is 11.2. The fourth-order valence-electron chi connectivity index (χ4n) is 2.20. The van der Waals surface area contributed by atoms with Crippen molar-refractivity contribution in [2.45, 2.75) is 6.42 Å². The lowest BCUT2D eigenvalue weighted by atomic mass is 10.1. The van der Waals surface area contributed by atoms with Gasteiger partial charge in [-0.1, -0.05) is 41.4 Å². The molecule has 3 rings (SSSR count). The monoisotopic (exact) mass is 324 g/mol. The van der Waals surface area contributed by atoms with Gasteiger partial charge in [-0.15, -0.1) is 11.3 Å². The van der Waals surface area contributed by atoms with Crippen LogP contribution >= 0.6 is 34.5 Å². The van der Waals surface area contributed by atoms with Crippen LogP contribution in [0.2, 0.25) is 8.67 Å². The molecule has 6 heteroatoms. The third kappa shape index (κ3) is 2.35. The molecule has 0 bridgehead atoms. The SMILES string of the molecule is Cn1nc(CC(=O)c2cc(Cl)sc2Cl)c2ccccc21. The molecule has 0 aliphatic carbocycles. The molecule has 0 N–H and O–H groups in total. The summed E-state index contributed by atoms with van der Waals surface area (Å²) < 4.78 is 2.73. The largest absolute Gasteiger partial charge is 0.294 e. The Kier molecular flexibility index (Phi) is 3.54. The molecule has 0 unspecified atom stereocenters. The third-order valence-electron chi connectivity index (χ3n) is 3.12. The maximum atomic E-state index is 12.3. The molecule has 0 saturated carbocycles. The number of carbonyl (C=O) groups is 1. The summed E-state index contributed by atoms with van der Waals surface area (Å²) >= 11 is 13.1. The minimum atomic E-state index is -0.0676. The van der Waals surface area contributed by atoms with Crippen molar-refractivity contribution in [3.8, 4) is 0 Å². The van der Waals surface area contributed by atoms with Crippen LogP contribution in [0.5, 0.6) is 0 Å². The number of benzene rings is 1. The number of hydrogen-bond acceptors (Lipinski definition) is 3. The first-order chi connectivity index (χ1) is 9.56. The highest BCUT2D eigenvalue weighted by atomic mass is 35.5. The van der Waals surface area contributed by atoms with Gasteiger partial charge in [-0.3, -0.25) is 9.48 Å². The third-order valence-corrected chi connectivity index (χ3v) is 4.61. The van der Waals surface area contributed by atoms with E-state index < -0.39 is 0 Å². The first kappa shape index (κ1) is 13.6. The minimum absolute atomic E-state index is 0.0676. The lowest BCUT2D eigenvalue weighted by molar-refractivity contribution is 0.0992. The van der Waals surface area contributed by atoms with Crippen molar-refractivity contribution in [1.82, 2.24) is 9.78 Å². The van der Waals surface area contributed by atoms with Crippen LogP contribution in [0.25, 0.3) is 10.9 Å². The van der Waals surface area contributed by atoms with Crippen LogP contribution in [0.4, 0.5) is 0 Å². The Morgan fingerprint density at radius 3 is 2.80 bits per heavy atom. The van der Waals surface area contributed by atoms with Crippen molar-refractivity contribution in [1.29, 1.82) is 0 Å². The van der Waals surface area contributed by atoms with E-state index in [1.807, 2.05) is 31.3 Å². The summed E-state index contributed by atoms with van der Waals surface area (Å²) in [5, 5.41) is 5.40. The van der Waals surface area contributed by atoms with Crippen molar-refractivity contribution in [2.75, 3.05) is 0 Å². The van der Waals surface area contributed by atoms with Crippen molar-refractivity contribution in [3.05, 3.63) is 50.3 Å². The predicted octanol–water partition coefficient (Wildman–Crippen LogP) is 4.37. The molecule has 102 valence electrons. The zero-order valence-electron chi connectivity index (χ0n) is 10.6. The van der Waals surface area contributed by atoms with E-state index in [-0.39, 0.29) is 12.2 Å². The molecule has 0 spiro atoms. The van der Waals surface area contributed by atoms with Crippen LogP contribution in [0.1, 0.15) is 16.1 Å². The van der Waals surface area contributed by atoms with Crippen LogP contribution in [0, 0.1) is 0 Å². The topological polar surface area (TPSA) is 34.9 Å². The van der Waals surface area contributed by atoms with Crippen LogP contribution in [0.3, 0.4) is 0 Å². The van der Waals surface area contributed by atoms with E-state index >= 15 is 0 Å². The second-order valence-corrected chi connectivity index (χ2v) is 6.71. The predicted molar refractivity (Wildman–Crippen MR) is 83.1 cm³/mol. The van der Waals surface area contributed by atoms with E-state index in [4.69, 9.17) is 23.2 Å². The Morgan fingerprint density at radius 1 is 1.35 bits per heavy atom. The van der Waals surface area contributed by atoms with E-state index in [2.05, 4.69) is 5.10 Å².